The number of amides is 1. The van der Waals surface area contributed by atoms with Gasteiger partial charge in [-0.1, -0.05) is 59.1 Å². The monoisotopic (exact) mass is 490 g/mol. The van der Waals surface area contributed by atoms with Crippen LogP contribution in [0.25, 0.3) is 0 Å². The van der Waals surface area contributed by atoms with Crippen LogP contribution >= 0.6 is 23.2 Å². The number of hydrogen-bond acceptors (Lipinski definition) is 3. The molecule has 3 rings (SSSR count). The molecule has 0 unspecified atom stereocenters. The first-order valence-corrected chi connectivity index (χ1v) is 12.5. The molecule has 0 saturated heterocycles. The van der Waals surface area contributed by atoms with Crippen LogP contribution in [0.1, 0.15) is 32.6 Å². The Bertz CT molecular complexity index is 1250. The van der Waals surface area contributed by atoms with Crippen LogP contribution in [0, 0.1) is 20.8 Å². The zero-order valence-corrected chi connectivity index (χ0v) is 20.6. The van der Waals surface area contributed by atoms with Gasteiger partial charge in [0, 0.05) is 11.3 Å². The molecule has 0 spiro atoms. The Morgan fingerprint density at radius 3 is 2.12 bits per heavy atom. The highest BCUT2D eigenvalue weighted by atomic mass is 35.5. The molecule has 3 aromatic rings. The smallest absolute Gasteiger partial charge is 0.255 e. The lowest BCUT2D eigenvalue weighted by atomic mass is 10.0. The van der Waals surface area contributed by atoms with Crippen LogP contribution in [-0.4, -0.2) is 20.6 Å². The maximum atomic E-state index is 12.8. The summed E-state index contributed by atoms with van der Waals surface area (Å²) in [4.78, 5) is 12.8. The highest BCUT2D eigenvalue weighted by Crippen LogP contribution is 2.34. The lowest BCUT2D eigenvalue weighted by molar-refractivity contribution is 0.102. The van der Waals surface area contributed by atoms with Gasteiger partial charge in [0.15, 0.2) is 0 Å². The number of rotatable bonds is 6. The molecule has 0 radical (unpaired) electrons. The van der Waals surface area contributed by atoms with E-state index in [0.717, 1.165) is 28.6 Å². The molecule has 5 nitrogen and oxygen atoms in total. The van der Waals surface area contributed by atoms with Gasteiger partial charge in [-0.15, -0.1) is 0 Å². The zero-order valence-electron chi connectivity index (χ0n) is 18.2. The summed E-state index contributed by atoms with van der Waals surface area (Å²) < 4.78 is 26.0. The van der Waals surface area contributed by atoms with Gasteiger partial charge >= 0.3 is 0 Å². The Balaban J connectivity index is 1.83. The molecule has 0 heterocycles. The number of nitrogens with zero attached hydrogens (tertiary/aromatic N) is 1. The Morgan fingerprint density at radius 2 is 1.56 bits per heavy atom. The average Bonchev–Trinajstić information content (AvgIpc) is 2.70. The summed E-state index contributed by atoms with van der Waals surface area (Å²) in [5.41, 5.74) is 5.39. The molecular weight excluding hydrogens is 467 g/mol. The maximum Gasteiger partial charge on any atom is 0.255 e. The second-order valence-electron chi connectivity index (χ2n) is 7.77. The number of sulfonamides is 1. The summed E-state index contributed by atoms with van der Waals surface area (Å²) in [6.07, 6.45) is 1.11. The van der Waals surface area contributed by atoms with Crippen molar-refractivity contribution in [3.63, 3.8) is 0 Å². The van der Waals surface area contributed by atoms with Crippen LogP contribution in [-0.2, 0) is 16.6 Å². The van der Waals surface area contributed by atoms with E-state index in [1.165, 1.54) is 4.31 Å². The highest BCUT2D eigenvalue weighted by Gasteiger charge is 2.22. The predicted octanol–water partition coefficient (Wildman–Crippen LogP) is 6.14. The molecule has 32 heavy (non-hydrogen) atoms. The third-order valence-electron chi connectivity index (χ3n) is 5.06. The average molecular weight is 491 g/mol. The maximum absolute atomic E-state index is 12.8. The van der Waals surface area contributed by atoms with Crippen LogP contribution in [0.3, 0.4) is 0 Å². The van der Waals surface area contributed by atoms with Crippen molar-refractivity contribution < 1.29 is 13.2 Å². The Labute approximate surface area is 199 Å². The van der Waals surface area contributed by atoms with Crippen LogP contribution in [0.4, 0.5) is 11.4 Å². The summed E-state index contributed by atoms with van der Waals surface area (Å²) in [6, 6.07) is 15.7. The Morgan fingerprint density at radius 1 is 0.969 bits per heavy atom. The fourth-order valence-electron chi connectivity index (χ4n) is 3.56. The molecule has 0 aliphatic carbocycles. The molecule has 0 fully saturated rings. The number of anilines is 2. The quantitative estimate of drug-likeness (QED) is 0.451. The van der Waals surface area contributed by atoms with Gasteiger partial charge in [-0.3, -0.25) is 9.10 Å². The van der Waals surface area contributed by atoms with E-state index in [1.54, 1.807) is 42.5 Å². The van der Waals surface area contributed by atoms with Crippen molar-refractivity contribution in [1.29, 1.82) is 0 Å². The van der Waals surface area contributed by atoms with Crippen molar-refractivity contribution in [3.8, 4) is 0 Å². The van der Waals surface area contributed by atoms with E-state index in [2.05, 4.69) is 5.32 Å². The van der Waals surface area contributed by atoms with Crippen molar-refractivity contribution in [3.05, 3.63) is 92.5 Å². The van der Waals surface area contributed by atoms with Gasteiger partial charge < -0.3 is 5.32 Å². The number of carbonyl (C=O) groups is 1. The zero-order chi connectivity index (χ0) is 23.6. The van der Waals surface area contributed by atoms with E-state index < -0.39 is 10.0 Å². The number of carbonyl (C=O) groups excluding carboxylic acids is 1. The molecule has 0 aliphatic rings. The van der Waals surface area contributed by atoms with Crippen molar-refractivity contribution in [2.45, 2.75) is 27.3 Å². The molecule has 0 atom stereocenters. The highest BCUT2D eigenvalue weighted by molar-refractivity contribution is 7.92. The van der Waals surface area contributed by atoms with Crippen molar-refractivity contribution in [1.82, 2.24) is 0 Å². The van der Waals surface area contributed by atoms with E-state index >= 15 is 0 Å². The third-order valence-corrected chi connectivity index (χ3v) is 6.99. The molecule has 1 amide bonds. The number of hydrogen-bond donors (Lipinski definition) is 1. The number of aryl methyl sites for hydroxylation is 3. The molecule has 0 aliphatic heterocycles. The van der Waals surface area contributed by atoms with Gasteiger partial charge in [0.25, 0.3) is 5.91 Å². The van der Waals surface area contributed by atoms with E-state index in [1.807, 2.05) is 32.9 Å². The molecule has 8 heteroatoms. The summed E-state index contributed by atoms with van der Waals surface area (Å²) in [6.45, 7) is 5.98. The van der Waals surface area contributed by atoms with Gasteiger partial charge in [0.05, 0.1) is 28.5 Å². The molecule has 0 bridgehead atoms. The number of nitrogens with one attached hydrogen (secondary N) is 1. The molecule has 0 saturated carbocycles. The van der Waals surface area contributed by atoms with Crippen molar-refractivity contribution >= 4 is 50.5 Å². The SMILES string of the molecule is Cc1cc(C)c(NC(=O)c2ccc(CN(c3cccc(Cl)c3Cl)S(C)(=O)=O)cc2)c(C)c1. The minimum atomic E-state index is -3.62. The molecule has 3 aromatic carbocycles. The van der Waals surface area contributed by atoms with E-state index in [-0.39, 0.29) is 22.5 Å². The molecule has 0 aromatic heterocycles. The predicted molar refractivity (Wildman–Crippen MR) is 133 cm³/mol. The summed E-state index contributed by atoms with van der Waals surface area (Å²) in [5.74, 6) is -0.232. The van der Waals surface area contributed by atoms with Crippen molar-refractivity contribution in [2.24, 2.45) is 0 Å². The fourth-order valence-corrected chi connectivity index (χ4v) is 4.90. The number of benzene rings is 3. The molecule has 1 N–H and O–H groups in total. The van der Waals surface area contributed by atoms with Crippen LogP contribution < -0.4 is 9.62 Å². The lowest BCUT2D eigenvalue weighted by Gasteiger charge is -2.24. The van der Waals surface area contributed by atoms with E-state index in [4.69, 9.17) is 23.2 Å². The normalized spacial score (nSPS) is 11.3. The van der Waals surface area contributed by atoms with Crippen LogP contribution in [0.5, 0.6) is 0 Å². The second-order valence-corrected chi connectivity index (χ2v) is 10.5. The van der Waals surface area contributed by atoms with Crippen LogP contribution in [0.2, 0.25) is 10.0 Å². The Kier molecular flexibility index (Phi) is 7.18. The largest absolute Gasteiger partial charge is 0.322 e. The second kappa shape index (κ2) is 9.53. The lowest BCUT2D eigenvalue weighted by Crippen LogP contribution is -2.29. The third kappa shape index (κ3) is 5.44. The van der Waals surface area contributed by atoms with Gasteiger partial charge in [0.1, 0.15) is 0 Å². The van der Waals surface area contributed by atoms with Gasteiger partial charge in [0.2, 0.25) is 10.0 Å². The Hall–Kier alpha value is -2.54. The minimum Gasteiger partial charge on any atom is -0.322 e. The molecule has 168 valence electrons. The standard InChI is InChI=1S/C24H24Cl2N2O3S/c1-15-12-16(2)23(17(3)13-15)27-24(29)19-10-8-18(9-11-19)14-28(32(4,30)31)21-7-5-6-20(25)22(21)26/h5-13H,14H2,1-4H3,(H,27,29). The fraction of sp³-hybridized carbons (Fsp3) is 0.208. The van der Waals surface area contributed by atoms with E-state index in [0.29, 0.717) is 16.8 Å². The number of halogens is 2. The molecular formula is C24H24Cl2N2O3S. The van der Waals surface area contributed by atoms with Gasteiger partial charge in [-0.05, 0) is 61.7 Å². The first-order chi connectivity index (χ1) is 15.0. The minimum absolute atomic E-state index is 0.0526. The van der Waals surface area contributed by atoms with E-state index in [9.17, 15) is 13.2 Å². The summed E-state index contributed by atoms with van der Waals surface area (Å²) >= 11 is 12.3. The van der Waals surface area contributed by atoms with Gasteiger partial charge in [-0.2, -0.15) is 0 Å². The van der Waals surface area contributed by atoms with Crippen molar-refractivity contribution in [2.75, 3.05) is 15.9 Å². The topological polar surface area (TPSA) is 66.5 Å². The van der Waals surface area contributed by atoms with Gasteiger partial charge in [-0.25, -0.2) is 8.42 Å². The summed E-state index contributed by atoms with van der Waals surface area (Å²) in [5, 5.41) is 3.40. The first kappa shape index (κ1) is 24.1. The van der Waals surface area contributed by atoms with Crippen LogP contribution in [0.15, 0.2) is 54.6 Å². The first-order valence-electron chi connectivity index (χ1n) is 9.87. The summed E-state index contributed by atoms with van der Waals surface area (Å²) in [7, 11) is -3.62.